The molecule has 1 saturated heterocycles. The smallest absolute Gasteiger partial charge is 0.545 e. The minimum Gasteiger partial charge on any atom is -0.545 e. The summed E-state index contributed by atoms with van der Waals surface area (Å²) in [6.45, 7) is 10.4. The topological polar surface area (TPSA) is 83.1 Å². The number of aromatic carboxylic acids is 1. The van der Waals surface area contributed by atoms with Crippen LogP contribution < -0.4 is 49.5 Å². The fourth-order valence-electron chi connectivity index (χ4n) is 3.95. The van der Waals surface area contributed by atoms with E-state index in [0.717, 1.165) is 82.4 Å². The second-order valence-corrected chi connectivity index (χ2v) is 10.1. The molecule has 0 aliphatic carbocycles. The molecule has 11 heteroatoms. The second kappa shape index (κ2) is 21.1. The molecular weight excluding hydrogens is 610 g/mol. The molecular formula is C31H38Cl3N2NaO5. The van der Waals surface area contributed by atoms with E-state index in [1.54, 1.807) is 30.3 Å². The summed E-state index contributed by atoms with van der Waals surface area (Å²) < 4.78 is 16.7. The molecule has 0 radical (unpaired) electrons. The van der Waals surface area contributed by atoms with Crippen molar-refractivity contribution in [1.82, 2.24) is 4.90 Å². The van der Waals surface area contributed by atoms with Gasteiger partial charge in [0.25, 0.3) is 0 Å². The quantitative estimate of drug-likeness (QED) is 0.237. The zero-order valence-electron chi connectivity index (χ0n) is 24.5. The summed E-state index contributed by atoms with van der Waals surface area (Å²) in [5.74, 6) is 0.576. The van der Waals surface area contributed by atoms with Crippen molar-refractivity contribution in [3.63, 3.8) is 0 Å². The van der Waals surface area contributed by atoms with Crippen LogP contribution >= 0.6 is 35.6 Å². The van der Waals surface area contributed by atoms with Gasteiger partial charge in [0.15, 0.2) is 0 Å². The Kier molecular flexibility index (Phi) is 19.3. The van der Waals surface area contributed by atoms with E-state index in [1.165, 1.54) is 6.07 Å². The third-order valence-electron chi connectivity index (χ3n) is 6.27. The van der Waals surface area contributed by atoms with Crippen molar-refractivity contribution in [3.05, 3.63) is 81.8 Å². The standard InChI is InChI=1S/C17H27NO3.C14H11Cl2NO2.ClH.Na/c1-2-3-12-20-16-5-7-17(8-6-16)21-13-4-9-18-10-14-19-15-11-18;1-8-6-7-10(15)13(12(8)16)17-11-5-3-2-4-9(11)14(18)19;;/h5-8H,2-4,9-15H2,1H3;2-7,17H,1H3,(H,18,19);1H;/q;;;+1/p-1. The van der Waals surface area contributed by atoms with Gasteiger partial charge in [-0.1, -0.05) is 60.8 Å². The van der Waals surface area contributed by atoms with Crippen molar-refractivity contribution in [2.75, 3.05) is 51.4 Å². The minimum absolute atomic E-state index is 0. The number of anilines is 2. The number of unbranched alkanes of at least 4 members (excludes halogenated alkanes) is 1. The molecule has 0 unspecified atom stereocenters. The van der Waals surface area contributed by atoms with Gasteiger partial charge < -0.3 is 29.4 Å². The second-order valence-electron chi connectivity index (χ2n) is 9.34. The van der Waals surface area contributed by atoms with Gasteiger partial charge in [-0.25, -0.2) is 0 Å². The van der Waals surface area contributed by atoms with Gasteiger partial charge in [0, 0.05) is 30.9 Å². The van der Waals surface area contributed by atoms with E-state index in [4.69, 9.17) is 37.4 Å². The first-order valence-electron chi connectivity index (χ1n) is 13.6. The molecule has 1 heterocycles. The molecule has 1 fully saturated rings. The van der Waals surface area contributed by atoms with E-state index in [0.29, 0.717) is 21.4 Å². The minimum atomic E-state index is -1.26. The summed E-state index contributed by atoms with van der Waals surface area (Å²) in [4.78, 5) is 13.5. The van der Waals surface area contributed by atoms with Gasteiger partial charge in [0.2, 0.25) is 0 Å². The Balaban J connectivity index is 0.000000403. The van der Waals surface area contributed by atoms with Crippen LogP contribution in [0.4, 0.5) is 11.4 Å². The van der Waals surface area contributed by atoms with Crippen LogP contribution in [0.3, 0.4) is 0 Å². The molecule has 0 saturated carbocycles. The van der Waals surface area contributed by atoms with Gasteiger partial charge in [-0.05, 0) is 61.7 Å². The van der Waals surface area contributed by atoms with Crippen molar-refractivity contribution < 1.29 is 53.7 Å². The largest absolute Gasteiger partial charge is 1.00 e. The monoisotopic (exact) mass is 646 g/mol. The number of aryl methyl sites for hydroxylation is 1. The summed E-state index contributed by atoms with van der Waals surface area (Å²) in [5.41, 5.74) is 1.77. The maximum absolute atomic E-state index is 11.0. The summed E-state index contributed by atoms with van der Waals surface area (Å²) in [6, 6.07) is 17.8. The molecule has 3 aromatic carbocycles. The fourth-order valence-corrected chi connectivity index (χ4v) is 4.41. The Morgan fingerprint density at radius 3 is 2.14 bits per heavy atom. The number of para-hydroxylation sites is 1. The van der Waals surface area contributed by atoms with Crippen LogP contribution in [0.2, 0.25) is 10.0 Å². The van der Waals surface area contributed by atoms with Gasteiger partial charge >= 0.3 is 29.6 Å². The molecule has 0 amide bonds. The Morgan fingerprint density at radius 1 is 0.952 bits per heavy atom. The molecule has 0 aromatic heterocycles. The average molecular weight is 648 g/mol. The van der Waals surface area contributed by atoms with Crippen molar-refractivity contribution in [1.29, 1.82) is 0 Å². The number of rotatable bonds is 12. The maximum atomic E-state index is 11.0. The first-order chi connectivity index (χ1) is 19.4. The van der Waals surface area contributed by atoms with Crippen molar-refractivity contribution in [3.8, 4) is 11.5 Å². The Morgan fingerprint density at radius 2 is 1.55 bits per heavy atom. The number of ether oxygens (including phenoxy) is 3. The van der Waals surface area contributed by atoms with Crippen LogP contribution in [0, 0.1) is 6.92 Å². The number of nitrogens with one attached hydrogen (secondary N) is 1. The molecule has 0 spiro atoms. The normalized spacial score (nSPS) is 12.6. The summed E-state index contributed by atoms with van der Waals surface area (Å²) in [6.07, 6.45) is 3.30. The van der Waals surface area contributed by atoms with Crippen molar-refractivity contribution in [2.24, 2.45) is 0 Å². The molecule has 224 valence electrons. The number of halogens is 3. The van der Waals surface area contributed by atoms with Crippen molar-refractivity contribution >= 4 is 53.0 Å². The van der Waals surface area contributed by atoms with Crippen LogP contribution in [-0.4, -0.2) is 56.9 Å². The van der Waals surface area contributed by atoms with E-state index in [-0.39, 0.29) is 47.5 Å². The SMILES string of the molecule is CCCCOc1ccc(OCCCN2CCOCC2)cc1.Cc1ccc(Cl)c(Nc2ccccc2C(=O)[O-])c1Cl.Cl.[Na+]. The summed E-state index contributed by atoms with van der Waals surface area (Å²) in [7, 11) is 0. The van der Waals surface area contributed by atoms with Crippen LogP contribution in [-0.2, 0) is 4.74 Å². The number of carbonyl (C=O) groups excluding carboxylic acids is 1. The van der Waals surface area contributed by atoms with Crippen LogP contribution in [0.1, 0.15) is 42.1 Å². The molecule has 7 nitrogen and oxygen atoms in total. The summed E-state index contributed by atoms with van der Waals surface area (Å²) >= 11 is 12.2. The third kappa shape index (κ3) is 12.9. The van der Waals surface area contributed by atoms with E-state index in [2.05, 4.69) is 17.1 Å². The van der Waals surface area contributed by atoms with E-state index in [1.807, 2.05) is 31.2 Å². The van der Waals surface area contributed by atoms with Gasteiger partial charge in [-0.15, -0.1) is 12.4 Å². The first kappa shape index (κ1) is 38.3. The molecule has 0 bridgehead atoms. The van der Waals surface area contributed by atoms with Crippen molar-refractivity contribution in [2.45, 2.75) is 33.1 Å². The Labute approximate surface area is 287 Å². The predicted molar refractivity (Wildman–Crippen MR) is 167 cm³/mol. The number of nitrogens with zero attached hydrogens (tertiary/aromatic N) is 1. The van der Waals surface area contributed by atoms with Gasteiger partial charge in [-0.2, -0.15) is 0 Å². The average Bonchev–Trinajstić information content (AvgIpc) is 2.97. The number of hydrogen-bond acceptors (Lipinski definition) is 7. The molecule has 1 N–H and O–H groups in total. The zero-order chi connectivity index (χ0) is 28.7. The first-order valence-corrected chi connectivity index (χ1v) is 14.3. The maximum Gasteiger partial charge on any atom is 1.00 e. The molecule has 3 aromatic rings. The number of benzene rings is 3. The Hall–Kier alpha value is -1.68. The molecule has 1 aliphatic rings. The molecule has 0 atom stereocenters. The predicted octanol–water partition coefficient (Wildman–Crippen LogP) is 3.80. The number of hydrogen-bond donors (Lipinski definition) is 1. The Bertz CT molecular complexity index is 1210. The van der Waals surface area contributed by atoms with E-state index < -0.39 is 5.97 Å². The van der Waals surface area contributed by atoms with Gasteiger partial charge in [0.05, 0.1) is 48.1 Å². The van der Waals surface area contributed by atoms with Crippen LogP contribution in [0.5, 0.6) is 11.5 Å². The summed E-state index contributed by atoms with van der Waals surface area (Å²) in [5, 5.41) is 14.9. The molecule has 4 rings (SSSR count). The van der Waals surface area contributed by atoms with E-state index in [9.17, 15) is 9.90 Å². The zero-order valence-corrected chi connectivity index (χ0v) is 28.8. The van der Waals surface area contributed by atoms with Crippen LogP contribution in [0.15, 0.2) is 60.7 Å². The van der Waals surface area contributed by atoms with Gasteiger partial charge in [0.1, 0.15) is 11.5 Å². The number of carboxylic acid groups (broad SMARTS) is 1. The number of carboxylic acids is 1. The molecule has 42 heavy (non-hydrogen) atoms. The molecule has 1 aliphatic heterocycles. The number of morpholine rings is 1. The van der Waals surface area contributed by atoms with Crippen LogP contribution in [0.25, 0.3) is 0 Å². The fraction of sp³-hybridized carbons (Fsp3) is 0.387. The number of carbonyl (C=O) groups is 1. The van der Waals surface area contributed by atoms with Gasteiger partial charge in [-0.3, -0.25) is 4.90 Å². The third-order valence-corrected chi connectivity index (χ3v) is 7.07. The van der Waals surface area contributed by atoms with E-state index >= 15 is 0 Å².